The average molecular weight is 303 g/mol. The van der Waals surface area contributed by atoms with Gasteiger partial charge in [-0.15, -0.1) is 0 Å². The topological polar surface area (TPSA) is 84.2 Å². The minimum absolute atomic E-state index is 0.122. The van der Waals surface area contributed by atoms with E-state index in [-0.39, 0.29) is 11.9 Å². The number of fused-ring (bicyclic) bond motifs is 1. The molecule has 2 heterocycles. The van der Waals surface area contributed by atoms with Crippen molar-refractivity contribution in [3.05, 3.63) is 58.0 Å². The molecular weight excluding hydrogens is 289 g/mol. The fourth-order valence-electron chi connectivity index (χ4n) is 2.59. The van der Waals surface area contributed by atoms with Gasteiger partial charge in [0.25, 0.3) is 5.56 Å². The van der Waals surface area contributed by atoms with E-state index in [9.17, 15) is 14.0 Å². The number of halogens is 1. The molecule has 7 heteroatoms. The van der Waals surface area contributed by atoms with E-state index in [0.29, 0.717) is 17.8 Å². The number of carboxylic acids is 1. The first-order valence-electron chi connectivity index (χ1n) is 6.86. The van der Waals surface area contributed by atoms with Crippen LogP contribution in [0.25, 0.3) is 0 Å². The average Bonchev–Trinajstić information content (AvgIpc) is 2.50. The Balaban J connectivity index is 1.92. The maximum absolute atomic E-state index is 13.0. The molecule has 1 aliphatic heterocycles. The Kier molecular flexibility index (Phi) is 3.62. The van der Waals surface area contributed by atoms with Crippen LogP contribution in [0.5, 0.6) is 0 Å². The number of aromatic nitrogens is 2. The Morgan fingerprint density at radius 3 is 2.82 bits per heavy atom. The molecule has 2 aromatic rings. The molecule has 1 unspecified atom stereocenters. The Labute approximate surface area is 125 Å². The summed E-state index contributed by atoms with van der Waals surface area (Å²) in [6, 6.07) is 5.97. The van der Waals surface area contributed by atoms with Gasteiger partial charge in [0.2, 0.25) is 0 Å². The van der Waals surface area contributed by atoms with Crippen molar-refractivity contribution in [1.29, 1.82) is 0 Å². The van der Waals surface area contributed by atoms with E-state index in [2.05, 4.69) is 10.3 Å². The van der Waals surface area contributed by atoms with Crippen molar-refractivity contribution in [2.75, 3.05) is 5.32 Å². The van der Waals surface area contributed by atoms with E-state index < -0.39 is 18.1 Å². The third-order valence-corrected chi connectivity index (χ3v) is 3.68. The minimum atomic E-state index is -1.10. The van der Waals surface area contributed by atoms with Crippen molar-refractivity contribution in [3.8, 4) is 0 Å². The molecule has 0 amide bonds. The number of anilines is 1. The summed E-state index contributed by atoms with van der Waals surface area (Å²) in [4.78, 5) is 27.2. The summed E-state index contributed by atoms with van der Waals surface area (Å²) < 4.78 is 14.0. The Bertz CT molecular complexity index is 771. The Morgan fingerprint density at radius 1 is 1.41 bits per heavy atom. The Morgan fingerprint density at radius 2 is 2.14 bits per heavy atom. The monoisotopic (exact) mass is 303 g/mol. The van der Waals surface area contributed by atoms with Gasteiger partial charge < -0.3 is 10.4 Å². The summed E-state index contributed by atoms with van der Waals surface area (Å²) >= 11 is 0. The van der Waals surface area contributed by atoms with Crippen LogP contribution in [-0.4, -0.2) is 20.6 Å². The molecule has 3 rings (SSSR count). The zero-order valence-electron chi connectivity index (χ0n) is 11.6. The SMILES string of the molecule is O=C(O)Cn1cnc2c(c1=O)NC(c1ccc(F)cc1)CC2. The lowest BCUT2D eigenvalue weighted by Gasteiger charge is -2.26. The van der Waals surface area contributed by atoms with Crippen LogP contribution in [0.2, 0.25) is 0 Å². The predicted molar refractivity (Wildman–Crippen MR) is 77.2 cm³/mol. The maximum Gasteiger partial charge on any atom is 0.323 e. The van der Waals surface area contributed by atoms with Crippen LogP contribution in [0.4, 0.5) is 10.1 Å². The number of carboxylic acid groups (broad SMARTS) is 1. The zero-order chi connectivity index (χ0) is 15.7. The number of rotatable bonds is 3. The van der Waals surface area contributed by atoms with Crippen LogP contribution in [0, 0.1) is 5.82 Å². The van der Waals surface area contributed by atoms with E-state index in [0.717, 1.165) is 16.6 Å². The van der Waals surface area contributed by atoms with Crippen LogP contribution in [0.3, 0.4) is 0 Å². The normalized spacial score (nSPS) is 16.7. The smallest absolute Gasteiger partial charge is 0.323 e. The van der Waals surface area contributed by atoms with Gasteiger partial charge >= 0.3 is 5.97 Å². The van der Waals surface area contributed by atoms with Crippen LogP contribution >= 0.6 is 0 Å². The van der Waals surface area contributed by atoms with Gasteiger partial charge in [0, 0.05) is 0 Å². The largest absolute Gasteiger partial charge is 0.480 e. The number of hydrogen-bond donors (Lipinski definition) is 2. The molecule has 0 bridgehead atoms. The van der Waals surface area contributed by atoms with E-state index in [4.69, 9.17) is 5.11 Å². The fraction of sp³-hybridized carbons (Fsp3) is 0.267. The van der Waals surface area contributed by atoms with Gasteiger partial charge in [0.15, 0.2) is 0 Å². The zero-order valence-corrected chi connectivity index (χ0v) is 11.6. The number of benzene rings is 1. The summed E-state index contributed by atoms with van der Waals surface area (Å²) in [5.74, 6) is -1.42. The highest BCUT2D eigenvalue weighted by atomic mass is 19.1. The lowest BCUT2D eigenvalue weighted by atomic mass is 9.96. The summed E-state index contributed by atoms with van der Waals surface area (Å²) in [6.07, 6.45) is 2.59. The van der Waals surface area contributed by atoms with Gasteiger partial charge in [0.1, 0.15) is 18.0 Å². The second kappa shape index (κ2) is 5.59. The quantitative estimate of drug-likeness (QED) is 0.899. The van der Waals surface area contributed by atoms with Gasteiger partial charge in [0.05, 0.1) is 18.1 Å². The second-order valence-electron chi connectivity index (χ2n) is 5.18. The first kappa shape index (κ1) is 14.2. The molecule has 0 saturated heterocycles. The lowest BCUT2D eigenvalue weighted by Crippen LogP contribution is -2.32. The minimum Gasteiger partial charge on any atom is -0.480 e. The molecule has 1 aromatic carbocycles. The first-order valence-corrected chi connectivity index (χ1v) is 6.86. The van der Waals surface area contributed by atoms with Crippen LogP contribution < -0.4 is 10.9 Å². The molecule has 1 atom stereocenters. The third-order valence-electron chi connectivity index (χ3n) is 3.68. The van der Waals surface area contributed by atoms with Crippen LogP contribution in [0.15, 0.2) is 35.4 Å². The number of carbonyl (C=O) groups is 1. The molecule has 1 aliphatic rings. The number of aryl methyl sites for hydroxylation is 1. The van der Waals surface area contributed by atoms with Gasteiger partial charge in [-0.2, -0.15) is 0 Å². The van der Waals surface area contributed by atoms with Crippen molar-refractivity contribution < 1.29 is 14.3 Å². The molecule has 0 spiro atoms. The van der Waals surface area contributed by atoms with E-state index in [1.165, 1.54) is 18.5 Å². The second-order valence-corrected chi connectivity index (χ2v) is 5.18. The van der Waals surface area contributed by atoms with Gasteiger partial charge in [-0.3, -0.25) is 14.2 Å². The first-order chi connectivity index (χ1) is 10.5. The molecule has 2 N–H and O–H groups in total. The molecule has 0 fully saturated rings. The molecule has 1 aromatic heterocycles. The summed E-state index contributed by atoms with van der Waals surface area (Å²) in [5.41, 5.74) is 1.42. The van der Waals surface area contributed by atoms with Gasteiger partial charge in [-0.05, 0) is 30.5 Å². The van der Waals surface area contributed by atoms with Crippen molar-refractivity contribution in [2.45, 2.75) is 25.4 Å². The molecule has 114 valence electrons. The van der Waals surface area contributed by atoms with E-state index in [1.54, 1.807) is 12.1 Å². The Hall–Kier alpha value is -2.70. The number of aliphatic carboxylic acids is 1. The molecule has 22 heavy (non-hydrogen) atoms. The standard InChI is InChI=1S/C15H14FN3O3/c16-10-3-1-9(2-4-10)11-5-6-12-14(18-11)15(22)19(8-17-12)7-13(20)21/h1-4,8,11,18H,5-7H2,(H,20,21). The van der Waals surface area contributed by atoms with Gasteiger partial charge in [-0.25, -0.2) is 9.37 Å². The van der Waals surface area contributed by atoms with Crippen LogP contribution in [0.1, 0.15) is 23.7 Å². The third kappa shape index (κ3) is 2.69. The summed E-state index contributed by atoms with van der Waals surface area (Å²) in [6.45, 7) is -0.429. The number of nitrogens with one attached hydrogen (secondary N) is 1. The van der Waals surface area contributed by atoms with Crippen molar-refractivity contribution in [2.24, 2.45) is 0 Å². The number of nitrogens with zero attached hydrogens (tertiary/aromatic N) is 2. The number of hydrogen-bond acceptors (Lipinski definition) is 4. The fourth-order valence-corrected chi connectivity index (χ4v) is 2.59. The van der Waals surface area contributed by atoms with Crippen molar-refractivity contribution in [3.63, 3.8) is 0 Å². The molecular formula is C15H14FN3O3. The highest BCUT2D eigenvalue weighted by molar-refractivity contribution is 5.66. The van der Waals surface area contributed by atoms with E-state index >= 15 is 0 Å². The molecule has 0 radical (unpaired) electrons. The highest BCUT2D eigenvalue weighted by Gasteiger charge is 2.23. The highest BCUT2D eigenvalue weighted by Crippen LogP contribution is 2.29. The van der Waals surface area contributed by atoms with Crippen LogP contribution in [-0.2, 0) is 17.8 Å². The summed E-state index contributed by atoms with van der Waals surface area (Å²) in [7, 11) is 0. The van der Waals surface area contributed by atoms with E-state index in [1.807, 2.05) is 0 Å². The van der Waals surface area contributed by atoms with Gasteiger partial charge in [-0.1, -0.05) is 12.1 Å². The van der Waals surface area contributed by atoms with Crippen molar-refractivity contribution in [1.82, 2.24) is 9.55 Å². The molecule has 6 nitrogen and oxygen atoms in total. The summed E-state index contributed by atoms with van der Waals surface area (Å²) in [5, 5.41) is 11.9. The maximum atomic E-state index is 13.0. The molecule has 0 saturated carbocycles. The predicted octanol–water partition coefficient (Wildman–Crippen LogP) is 1.57. The molecule has 0 aliphatic carbocycles. The lowest BCUT2D eigenvalue weighted by molar-refractivity contribution is -0.137. The van der Waals surface area contributed by atoms with Crippen molar-refractivity contribution >= 4 is 11.7 Å².